The van der Waals surface area contributed by atoms with Crippen LogP contribution in [0.3, 0.4) is 0 Å². The van der Waals surface area contributed by atoms with Gasteiger partial charge in [-0.2, -0.15) is 0 Å². The molecule has 0 aliphatic carbocycles. The smallest absolute Gasteiger partial charge is 0.326 e. The first-order chi connectivity index (χ1) is 6.68. The molecule has 0 aromatic heterocycles. The Kier molecular flexibility index (Phi) is 2.11. The van der Waals surface area contributed by atoms with E-state index in [1.54, 1.807) is 12.1 Å². The summed E-state index contributed by atoms with van der Waals surface area (Å²) in [6.45, 7) is 0. The number of hydrogen-bond acceptors (Lipinski definition) is 2. The number of anilines is 1. The number of carbonyl (C=O) groups is 1. The maximum Gasteiger partial charge on any atom is 0.326 e. The molecule has 0 bridgehead atoms. The molecule has 1 atom stereocenters. The zero-order valence-electron chi connectivity index (χ0n) is 7.46. The van der Waals surface area contributed by atoms with Gasteiger partial charge in [-0.15, -0.1) is 0 Å². The van der Waals surface area contributed by atoms with Crippen molar-refractivity contribution in [1.82, 2.24) is 0 Å². The van der Waals surface area contributed by atoms with E-state index in [0.717, 1.165) is 0 Å². The van der Waals surface area contributed by atoms with Crippen LogP contribution in [0.5, 0.6) is 0 Å². The summed E-state index contributed by atoms with van der Waals surface area (Å²) in [6.07, 6.45) is 0.912. The molecule has 0 radical (unpaired) electrons. The minimum Gasteiger partial charge on any atom is -0.480 e. The minimum absolute atomic E-state index is 0.265. The molecule has 0 amide bonds. The third-order valence-electron chi connectivity index (χ3n) is 2.43. The van der Waals surface area contributed by atoms with Gasteiger partial charge in [0.25, 0.3) is 0 Å². The summed E-state index contributed by atoms with van der Waals surface area (Å²) < 4.78 is 13.2. The molecule has 1 heterocycles. The Hall–Kier alpha value is -1.58. The fraction of sp³-hybridized carbons (Fsp3) is 0.300. The highest BCUT2D eigenvalue weighted by molar-refractivity contribution is 5.78. The predicted octanol–water partition coefficient (Wildman–Crippen LogP) is 1.64. The number of carboxylic acid groups (broad SMARTS) is 1. The summed E-state index contributed by atoms with van der Waals surface area (Å²) in [6, 6.07) is 4.07. The van der Waals surface area contributed by atoms with Crippen LogP contribution in [-0.2, 0) is 11.2 Å². The van der Waals surface area contributed by atoms with Gasteiger partial charge in [-0.1, -0.05) is 6.07 Å². The molecule has 74 valence electrons. The second-order valence-corrected chi connectivity index (χ2v) is 3.34. The van der Waals surface area contributed by atoms with E-state index < -0.39 is 12.0 Å². The molecule has 3 nitrogen and oxygen atoms in total. The molecule has 0 fully saturated rings. The van der Waals surface area contributed by atoms with Crippen molar-refractivity contribution in [2.24, 2.45) is 0 Å². The van der Waals surface area contributed by atoms with Crippen molar-refractivity contribution >= 4 is 11.7 Å². The second-order valence-electron chi connectivity index (χ2n) is 3.34. The van der Waals surface area contributed by atoms with Crippen LogP contribution in [0.4, 0.5) is 10.1 Å². The normalized spacial score (nSPS) is 19.6. The van der Waals surface area contributed by atoms with E-state index in [2.05, 4.69) is 5.32 Å². The Morgan fingerprint density at radius 3 is 3.07 bits per heavy atom. The van der Waals surface area contributed by atoms with Crippen molar-refractivity contribution in [2.75, 3.05) is 5.32 Å². The molecular formula is C10H10FNO2. The summed E-state index contributed by atoms with van der Waals surface area (Å²) in [7, 11) is 0. The van der Waals surface area contributed by atoms with Gasteiger partial charge >= 0.3 is 5.97 Å². The van der Waals surface area contributed by atoms with Crippen molar-refractivity contribution in [2.45, 2.75) is 18.9 Å². The third-order valence-corrected chi connectivity index (χ3v) is 2.43. The Balaban J connectivity index is 2.31. The summed E-state index contributed by atoms with van der Waals surface area (Å²) in [4.78, 5) is 10.7. The average molecular weight is 195 g/mol. The van der Waals surface area contributed by atoms with Crippen molar-refractivity contribution in [3.05, 3.63) is 29.6 Å². The second kappa shape index (κ2) is 3.29. The highest BCUT2D eigenvalue weighted by Crippen LogP contribution is 2.26. The van der Waals surface area contributed by atoms with Gasteiger partial charge in [0.05, 0.1) is 0 Å². The highest BCUT2D eigenvalue weighted by Gasteiger charge is 2.24. The first-order valence-electron chi connectivity index (χ1n) is 4.45. The van der Waals surface area contributed by atoms with Crippen molar-refractivity contribution < 1.29 is 14.3 Å². The van der Waals surface area contributed by atoms with Gasteiger partial charge in [-0.05, 0) is 25.0 Å². The van der Waals surface area contributed by atoms with Crippen LogP contribution in [-0.4, -0.2) is 17.1 Å². The lowest BCUT2D eigenvalue weighted by atomic mass is 9.98. The van der Waals surface area contributed by atoms with Crippen molar-refractivity contribution in [3.8, 4) is 0 Å². The van der Waals surface area contributed by atoms with Crippen LogP contribution in [0.15, 0.2) is 18.2 Å². The molecular weight excluding hydrogens is 185 g/mol. The Morgan fingerprint density at radius 2 is 2.36 bits per heavy atom. The van der Waals surface area contributed by atoms with Crippen LogP contribution in [0, 0.1) is 5.82 Å². The molecule has 4 heteroatoms. The molecule has 1 aromatic rings. The minimum atomic E-state index is -0.889. The number of halogens is 1. The summed E-state index contributed by atoms with van der Waals surface area (Å²) in [5.74, 6) is -1.15. The van der Waals surface area contributed by atoms with Gasteiger partial charge in [0.2, 0.25) is 0 Å². The molecule has 1 aliphatic rings. The number of fused-ring (bicyclic) bond motifs is 1. The Bertz CT molecular complexity index is 378. The number of benzene rings is 1. The van der Waals surface area contributed by atoms with Crippen LogP contribution in [0.1, 0.15) is 12.0 Å². The molecule has 0 saturated heterocycles. The van der Waals surface area contributed by atoms with E-state index in [4.69, 9.17) is 5.11 Å². The van der Waals surface area contributed by atoms with Crippen LogP contribution in [0.25, 0.3) is 0 Å². The van der Waals surface area contributed by atoms with Gasteiger partial charge in [0.15, 0.2) is 0 Å². The van der Waals surface area contributed by atoms with Gasteiger partial charge in [0, 0.05) is 11.3 Å². The average Bonchev–Trinajstić information content (AvgIpc) is 2.17. The molecule has 2 N–H and O–H groups in total. The topological polar surface area (TPSA) is 49.3 Å². The van der Waals surface area contributed by atoms with Gasteiger partial charge < -0.3 is 10.4 Å². The van der Waals surface area contributed by atoms with E-state index >= 15 is 0 Å². The quantitative estimate of drug-likeness (QED) is 0.716. The monoisotopic (exact) mass is 195 g/mol. The molecule has 1 aromatic carbocycles. The summed E-state index contributed by atoms with van der Waals surface area (Å²) in [5.41, 5.74) is 1.19. The predicted molar refractivity (Wildman–Crippen MR) is 49.8 cm³/mol. The van der Waals surface area contributed by atoms with Crippen LogP contribution >= 0.6 is 0 Å². The fourth-order valence-electron chi connectivity index (χ4n) is 1.68. The lowest BCUT2D eigenvalue weighted by Gasteiger charge is -2.24. The Labute approximate surface area is 80.6 Å². The third kappa shape index (κ3) is 1.43. The van der Waals surface area contributed by atoms with Gasteiger partial charge in [-0.3, -0.25) is 0 Å². The number of hydrogen-bond donors (Lipinski definition) is 2. The van der Waals surface area contributed by atoms with E-state index in [-0.39, 0.29) is 5.82 Å². The number of rotatable bonds is 1. The standard InChI is InChI=1S/C10H10FNO2/c11-7-2-1-3-8-6(7)4-5-9(12-8)10(13)14/h1-3,9,12H,4-5H2,(H,13,14)/t9-/m1/s1. The number of aliphatic carboxylic acids is 1. The van der Waals surface area contributed by atoms with Crippen LogP contribution in [0.2, 0.25) is 0 Å². The molecule has 0 saturated carbocycles. The number of nitrogens with one attached hydrogen (secondary N) is 1. The summed E-state index contributed by atoms with van der Waals surface area (Å²) in [5, 5.41) is 11.6. The zero-order valence-corrected chi connectivity index (χ0v) is 7.46. The van der Waals surface area contributed by atoms with E-state index in [9.17, 15) is 9.18 Å². The van der Waals surface area contributed by atoms with E-state index in [0.29, 0.717) is 24.1 Å². The molecule has 0 unspecified atom stereocenters. The fourth-order valence-corrected chi connectivity index (χ4v) is 1.68. The highest BCUT2D eigenvalue weighted by atomic mass is 19.1. The SMILES string of the molecule is O=C(O)[C@H]1CCc2c(F)cccc2N1. The first-order valence-corrected chi connectivity index (χ1v) is 4.45. The van der Waals surface area contributed by atoms with E-state index in [1.165, 1.54) is 6.07 Å². The zero-order chi connectivity index (χ0) is 10.1. The van der Waals surface area contributed by atoms with Crippen molar-refractivity contribution in [3.63, 3.8) is 0 Å². The first kappa shape index (κ1) is 8.99. The molecule has 1 aliphatic heterocycles. The van der Waals surface area contributed by atoms with Gasteiger partial charge in [-0.25, -0.2) is 9.18 Å². The van der Waals surface area contributed by atoms with Crippen LogP contribution < -0.4 is 5.32 Å². The lowest BCUT2D eigenvalue weighted by Crippen LogP contribution is -2.33. The molecule has 14 heavy (non-hydrogen) atoms. The number of carboxylic acids is 1. The summed E-state index contributed by atoms with van der Waals surface area (Å²) >= 11 is 0. The maximum absolute atomic E-state index is 13.2. The maximum atomic E-state index is 13.2. The van der Waals surface area contributed by atoms with Crippen molar-refractivity contribution in [1.29, 1.82) is 0 Å². The molecule has 2 rings (SSSR count). The Morgan fingerprint density at radius 1 is 1.57 bits per heavy atom. The van der Waals surface area contributed by atoms with Gasteiger partial charge in [0.1, 0.15) is 11.9 Å². The largest absolute Gasteiger partial charge is 0.480 e. The van der Waals surface area contributed by atoms with E-state index in [1.807, 2.05) is 0 Å². The lowest BCUT2D eigenvalue weighted by molar-refractivity contribution is -0.138. The molecule has 0 spiro atoms.